The molecule has 0 aromatic carbocycles. The van der Waals surface area contributed by atoms with E-state index in [1.54, 1.807) is 6.08 Å². The Morgan fingerprint density at radius 2 is 1.05 bits per heavy atom. The number of hydrogen-bond donors (Lipinski definition) is 4. The maximum Gasteiger partial charge on any atom is 0.249 e. The Morgan fingerprint density at radius 3 is 1.62 bits per heavy atom. The third-order valence-electron chi connectivity index (χ3n) is 6.87. The molecular weight excluding hydrogens is 486 g/mol. The average molecular weight is 548 g/mol. The highest BCUT2D eigenvalue weighted by molar-refractivity contribution is 5.80. The molecule has 0 aliphatic heterocycles. The largest absolute Gasteiger partial charge is 0.394 e. The predicted octanol–water partition coefficient (Wildman–Crippen LogP) is 7.86. The van der Waals surface area contributed by atoms with Crippen molar-refractivity contribution in [3.63, 3.8) is 0 Å². The van der Waals surface area contributed by atoms with E-state index in [2.05, 4.69) is 55.6 Å². The summed E-state index contributed by atoms with van der Waals surface area (Å²) >= 11 is 0. The summed E-state index contributed by atoms with van der Waals surface area (Å²) in [7, 11) is 0. The molecule has 226 valence electrons. The van der Waals surface area contributed by atoms with Crippen molar-refractivity contribution in [2.45, 2.75) is 154 Å². The summed E-state index contributed by atoms with van der Waals surface area (Å²) in [5.41, 5.74) is 0. The molecule has 0 saturated carbocycles. The quantitative estimate of drug-likeness (QED) is 0.0622. The fourth-order valence-corrected chi connectivity index (χ4v) is 4.27. The molecule has 5 heteroatoms. The van der Waals surface area contributed by atoms with E-state index in [1.165, 1.54) is 64.2 Å². The van der Waals surface area contributed by atoms with Crippen molar-refractivity contribution in [2.75, 3.05) is 6.61 Å². The van der Waals surface area contributed by atoms with Crippen molar-refractivity contribution in [3.05, 3.63) is 48.6 Å². The van der Waals surface area contributed by atoms with E-state index in [4.69, 9.17) is 0 Å². The molecular formula is C34H61NO4. The van der Waals surface area contributed by atoms with E-state index in [-0.39, 0.29) is 6.61 Å². The Kier molecular flexibility index (Phi) is 28.0. The molecule has 0 fully saturated rings. The first kappa shape index (κ1) is 37.3. The second kappa shape index (κ2) is 29.3. The standard InChI is InChI=1S/C34H61NO4/c1-3-5-7-9-11-13-15-17-19-20-22-24-26-28-32(37)31(30-36)35-34(39)33(38)29-27-25-23-21-18-16-14-12-10-8-6-4-2/h11,13,18-21,26,28,31-33,36-38H,3-10,12,14-17,22-25,27,29-30H2,1-2H3,(H,35,39)/b13-11+,20-19+,21-18-,28-26+. The van der Waals surface area contributed by atoms with Crippen molar-refractivity contribution in [1.82, 2.24) is 5.32 Å². The third-order valence-corrected chi connectivity index (χ3v) is 6.87. The lowest BCUT2D eigenvalue weighted by Crippen LogP contribution is -2.48. The molecule has 0 aliphatic carbocycles. The summed E-state index contributed by atoms with van der Waals surface area (Å²) in [6.45, 7) is 4.07. The number of rotatable bonds is 27. The SMILES string of the molecule is CCCCC/C=C/CC/C=C/CC/C=C/C(O)C(CO)NC(=O)C(O)CCCC/C=C\CCCCCCCC. The summed E-state index contributed by atoms with van der Waals surface area (Å²) in [5, 5.41) is 32.7. The van der Waals surface area contributed by atoms with Crippen molar-refractivity contribution in [1.29, 1.82) is 0 Å². The van der Waals surface area contributed by atoms with E-state index >= 15 is 0 Å². The molecule has 0 rings (SSSR count). The molecule has 3 atom stereocenters. The third kappa shape index (κ3) is 25.0. The van der Waals surface area contributed by atoms with Crippen molar-refractivity contribution >= 4 is 5.91 Å². The van der Waals surface area contributed by atoms with Gasteiger partial charge in [0.25, 0.3) is 0 Å². The highest BCUT2D eigenvalue weighted by atomic mass is 16.3. The number of aliphatic hydroxyl groups is 3. The zero-order valence-corrected chi connectivity index (χ0v) is 25.2. The summed E-state index contributed by atoms with van der Waals surface area (Å²) < 4.78 is 0. The van der Waals surface area contributed by atoms with Gasteiger partial charge in [-0.25, -0.2) is 0 Å². The summed E-state index contributed by atoms with van der Waals surface area (Å²) in [6.07, 6.45) is 35.5. The topological polar surface area (TPSA) is 89.8 Å². The molecule has 0 aromatic rings. The Bertz CT molecular complexity index is 656. The van der Waals surface area contributed by atoms with Gasteiger partial charge in [-0.05, 0) is 70.6 Å². The minimum Gasteiger partial charge on any atom is -0.394 e. The summed E-state index contributed by atoms with van der Waals surface area (Å²) in [4.78, 5) is 12.3. The van der Waals surface area contributed by atoms with Crippen LogP contribution in [0.4, 0.5) is 0 Å². The molecule has 3 unspecified atom stereocenters. The Balaban J connectivity index is 3.95. The minimum absolute atomic E-state index is 0.377. The molecule has 0 spiro atoms. The predicted molar refractivity (Wildman–Crippen MR) is 167 cm³/mol. The maximum atomic E-state index is 12.3. The van der Waals surface area contributed by atoms with Gasteiger partial charge in [-0.2, -0.15) is 0 Å². The second-order valence-corrected chi connectivity index (χ2v) is 10.6. The molecule has 4 N–H and O–H groups in total. The molecule has 0 heterocycles. The Hall–Kier alpha value is -1.69. The van der Waals surface area contributed by atoms with Gasteiger partial charge >= 0.3 is 0 Å². The van der Waals surface area contributed by atoms with Crippen molar-refractivity contribution in [2.24, 2.45) is 0 Å². The minimum atomic E-state index is -1.13. The number of allylic oxidation sites excluding steroid dienone is 7. The number of nitrogens with one attached hydrogen (secondary N) is 1. The number of hydrogen-bond acceptors (Lipinski definition) is 4. The van der Waals surface area contributed by atoms with Crippen LogP contribution >= 0.6 is 0 Å². The van der Waals surface area contributed by atoms with Crippen LogP contribution in [0.25, 0.3) is 0 Å². The van der Waals surface area contributed by atoms with Gasteiger partial charge in [-0.1, -0.05) is 114 Å². The van der Waals surface area contributed by atoms with Crippen LogP contribution in [0.1, 0.15) is 136 Å². The molecule has 0 saturated heterocycles. The van der Waals surface area contributed by atoms with Crippen LogP contribution in [0.15, 0.2) is 48.6 Å². The zero-order chi connectivity index (χ0) is 28.8. The van der Waals surface area contributed by atoms with Crippen LogP contribution in [-0.2, 0) is 4.79 Å². The first-order valence-electron chi connectivity index (χ1n) is 16.0. The van der Waals surface area contributed by atoms with Gasteiger partial charge in [-0.3, -0.25) is 4.79 Å². The molecule has 0 aromatic heterocycles. The number of aliphatic hydroxyl groups excluding tert-OH is 3. The lowest BCUT2D eigenvalue weighted by Gasteiger charge is -2.21. The van der Waals surface area contributed by atoms with E-state index in [0.717, 1.165) is 51.4 Å². The Labute approximate surface area is 240 Å². The number of carbonyl (C=O) groups is 1. The summed E-state index contributed by atoms with van der Waals surface area (Å²) in [5.74, 6) is -0.539. The maximum absolute atomic E-state index is 12.3. The lowest BCUT2D eigenvalue weighted by molar-refractivity contribution is -0.131. The van der Waals surface area contributed by atoms with Gasteiger partial charge < -0.3 is 20.6 Å². The highest BCUT2D eigenvalue weighted by Crippen LogP contribution is 2.09. The van der Waals surface area contributed by atoms with Crippen LogP contribution in [0.3, 0.4) is 0 Å². The average Bonchev–Trinajstić information content (AvgIpc) is 2.94. The van der Waals surface area contributed by atoms with Crippen LogP contribution in [0.2, 0.25) is 0 Å². The molecule has 0 aliphatic rings. The number of unbranched alkanes of at least 4 members (excludes halogenated alkanes) is 13. The second-order valence-electron chi connectivity index (χ2n) is 10.6. The van der Waals surface area contributed by atoms with Crippen molar-refractivity contribution in [3.8, 4) is 0 Å². The highest BCUT2D eigenvalue weighted by Gasteiger charge is 2.22. The van der Waals surface area contributed by atoms with Crippen molar-refractivity contribution < 1.29 is 20.1 Å². The molecule has 5 nitrogen and oxygen atoms in total. The van der Waals surface area contributed by atoms with E-state index in [0.29, 0.717) is 6.42 Å². The van der Waals surface area contributed by atoms with Crippen LogP contribution < -0.4 is 5.32 Å². The van der Waals surface area contributed by atoms with Gasteiger partial charge in [-0.15, -0.1) is 0 Å². The van der Waals surface area contributed by atoms with Gasteiger partial charge in [0.1, 0.15) is 6.10 Å². The van der Waals surface area contributed by atoms with Crippen LogP contribution in [-0.4, -0.2) is 46.1 Å². The smallest absolute Gasteiger partial charge is 0.249 e. The van der Waals surface area contributed by atoms with E-state index < -0.39 is 24.2 Å². The first-order valence-corrected chi connectivity index (χ1v) is 16.0. The van der Waals surface area contributed by atoms with E-state index in [9.17, 15) is 20.1 Å². The van der Waals surface area contributed by atoms with Gasteiger partial charge in [0.15, 0.2) is 0 Å². The van der Waals surface area contributed by atoms with Gasteiger partial charge in [0, 0.05) is 0 Å². The molecule has 0 bridgehead atoms. The fourth-order valence-electron chi connectivity index (χ4n) is 4.27. The first-order chi connectivity index (χ1) is 19.1. The number of carbonyl (C=O) groups excluding carboxylic acids is 1. The van der Waals surface area contributed by atoms with Crippen LogP contribution in [0.5, 0.6) is 0 Å². The zero-order valence-electron chi connectivity index (χ0n) is 25.2. The summed E-state index contributed by atoms with van der Waals surface area (Å²) in [6, 6.07) is -0.826. The van der Waals surface area contributed by atoms with Crippen LogP contribution in [0, 0.1) is 0 Å². The fraction of sp³-hybridized carbons (Fsp3) is 0.735. The number of amides is 1. The Morgan fingerprint density at radius 1 is 0.615 bits per heavy atom. The van der Waals surface area contributed by atoms with Gasteiger partial charge in [0.05, 0.1) is 18.8 Å². The van der Waals surface area contributed by atoms with Gasteiger partial charge in [0.2, 0.25) is 5.91 Å². The lowest BCUT2D eigenvalue weighted by atomic mass is 10.1. The molecule has 1 amide bonds. The normalized spacial score (nSPS) is 14.7. The van der Waals surface area contributed by atoms with E-state index in [1.807, 2.05) is 6.08 Å². The monoisotopic (exact) mass is 547 g/mol. The molecule has 39 heavy (non-hydrogen) atoms. The molecule has 0 radical (unpaired) electrons.